The van der Waals surface area contributed by atoms with E-state index in [2.05, 4.69) is 4.72 Å². The van der Waals surface area contributed by atoms with E-state index >= 15 is 0 Å². The quantitative estimate of drug-likeness (QED) is 0.763. The van der Waals surface area contributed by atoms with Gasteiger partial charge in [0, 0.05) is 6.54 Å². The third-order valence-corrected chi connectivity index (χ3v) is 4.84. The number of aliphatic hydroxyl groups excluding tert-OH is 1. The molecule has 0 radical (unpaired) electrons. The summed E-state index contributed by atoms with van der Waals surface area (Å²) >= 11 is 0. The van der Waals surface area contributed by atoms with Crippen molar-refractivity contribution in [3.63, 3.8) is 0 Å². The maximum Gasteiger partial charge on any atom is 0.244 e. The number of hydrogen-bond donors (Lipinski definition) is 2. The molecule has 1 saturated carbocycles. The normalized spacial score (nSPS) is 16.9. The second-order valence-electron chi connectivity index (χ2n) is 4.97. The van der Waals surface area contributed by atoms with Crippen LogP contribution in [0.15, 0.2) is 29.2 Å². The number of rotatable bonds is 8. The van der Waals surface area contributed by atoms with Gasteiger partial charge >= 0.3 is 0 Å². The summed E-state index contributed by atoms with van der Waals surface area (Å²) in [4.78, 5) is 0.141. The Morgan fingerprint density at radius 1 is 1.40 bits per heavy atom. The van der Waals surface area contributed by atoms with Crippen molar-refractivity contribution >= 4 is 10.0 Å². The summed E-state index contributed by atoms with van der Waals surface area (Å²) in [6, 6.07) is 6.55. The zero-order valence-electron chi connectivity index (χ0n) is 11.6. The van der Waals surface area contributed by atoms with Crippen LogP contribution in [0.4, 0.5) is 0 Å². The number of sulfonamides is 1. The first kappa shape index (κ1) is 15.3. The zero-order valence-corrected chi connectivity index (χ0v) is 12.4. The Labute approximate surface area is 120 Å². The highest BCUT2D eigenvalue weighted by atomic mass is 32.2. The first-order valence-electron chi connectivity index (χ1n) is 6.94. The molecule has 2 N–H and O–H groups in total. The molecule has 5 nitrogen and oxygen atoms in total. The summed E-state index contributed by atoms with van der Waals surface area (Å²) in [6.07, 6.45) is 2.13. The SMILES string of the molecule is CCOc1ccccc1S(=O)(=O)NCC[C@H](O)C1CC1. The van der Waals surface area contributed by atoms with E-state index in [1.165, 1.54) is 6.07 Å². The summed E-state index contributed by atoms with van der Waals surface area (Å²) < 4.78 is 32.3. The number of hydrogen-bond acceptors (Lipinski definition) is 4. The Morgan fingerprint density at radius 3 is 2.75 bits per heavy atom. The average molecular weight is 299 g/mol. The van der Waals surface area contributed by atoms with Gasteiger partial charge in [0.1, 0.15) is 10.6 Å². The van der Waals surface area contributed by atoms with E-state index in [4.69, 9.17) is 4.74 Å². The molecular weight excluding hydrogens is 278 g/mol. The van der Waals surface area contributed by atoms with Gasteiger partial charge in [-0.05, 0) is 44.2 Å². The number of benzene rings is 1. The van der Waals surface area contributed by atoms with Crippen LogP contribution < -0.4 is 9.46 Å². The molecule has 0 saturated heterocycles. The number of aliphatic hydroxyl groups is 1. The monoisotopic (exact) mass is 299 g/mol. The van der Waals surface area contributed by atoms with Gasteiger partial charge in [-0.3, -0.25) is 0 Å². The topological polar surface area (TPSA) is 75.6 Å². The third-order valence-electron chi connectivity index (χ3n) is 3.34. The fourth-order valence-electron chi connectivity index (χ4n) is 2.08. The third kappa shape index (κ3) is 3.94. The van der Waals surface area contributed by atoms with Gasteiger partial charge in [0.05, 0.1) is 12.7 Å². The Bertz CT molecular complexity index is 540. The Morgan fingerprint density at radius 2 is 2.10 bits per heavy atom. The molecule has 1 aliphatic carbocycles. The molecule has 0 aromatic heterocycles. The number of nitrogens with one attached hydrogen (secondary N) is 1. The maximum absolute atomic E-state index is 12.2. The molecule has 1 aromatic rings. The lowest BCUT2D eigenvalue weighted by atomic mass is 10.2. The first-order chi connectivity index (χ1) is 9.54. The second-order valence-corrected chi connectivity index (χ2v) is 6.71. The van der Waals surface area contributed by atoms with Crippen molar-refractivity contribution in [1.29, 1.82) is 0 Å². The van der Waals surface area contributed by atoms with Crippen molar-refractivity contribution < 1.29 is 18.3 Å². The van der Waals surface area contributed by atoms with Gasteiger partial charge in [-0.2, -0.15) is 0 Å². The lowest BCUT2D eigenvalue weighted by Crippen LogP contribution is -2.28. The molecule has 1 fully saturated rings. The Balaban J connectivity index is 1.98. The molecule has 6 heteroatoms. The van der Waals surface area contributed by atoms with Crippen molar-refractivity contribution in [2.24, 2.45) is 5.92 Å². The maximum atomic E-state index is 12.2. The molecule has 1 atom stereocenters. The highest BCUT2D eigenvalue weighted by Gasteiger charge is 2.29. The molecular formula is C14H21NO4S. The van der Waals surface area contributed by atoms with E-state index in [0.717, 1.165) is 12.8 Å². The highest BCUT2D eigenvalue weighted by molar-refractivity contribution is 7.89. The van der Waals surface area contributed by atoms with E-state index < -0.39 is 16.1 Å². The van der Waals surface area contributed by atoms with Crippen molar-refractivity contribution in [3.05, 3.63) is 24.3 Å². The minimum atomic E-state index is -3.60. The molecule has 0 aliphatic heterocycles. The molecule has 0 amide bonds. The highest BCUT2D eigenvalue weighted by Crippen LogP contribution is 2.33. The molecule has 2 rings (SSSR count). The summed E-state index contributed by atoms with van der Waals surface area (Å²) in [5, 5.41) is 9.74. The van der Waals surface area contributed by atoms with Crippen LogP contribution in [0.5, 0.6) is 5.75 Å². The number of para-hydroxylation sites is 1. The number of ether oxygens (including phenoxy) is 1. The molecule has 0 heterocycles. The average Bonchev–Trinajstić information content (AvgIpc) is 3.23. The van der Waals surface area contributed by atoms with Crippen molar-refractivity contribution in [1.82, 2.24) is 4.72 Å². The van der Waals surface area contributed by atoms with Crippen molar-refractivity contribution in [2.45, 2.75) is 37.2 Å². The summed E-state index contributed by atoms with van der Waals surface area (Å²) in [5.74, 6) is 0.709. The largest absolute Gasteiger partial charge is 0.492 e. The molecule has 0 unspecified atom stereocenters. The fourth-order valence-corrected chi connectivity index (χ4v) is 3.27. The van der Waals surface area contributed by atoms with Crippen LogP contribution in [0.3, 0.4) is 0 Å². The molecule has 1 aromatic carbocycles. The lowest BCUT2D eigenvalue weighted by Gasteiger charge is -2.13. The standard InChI is InChI=1S/C14H21NO4S/c1-2-19-13-5-3-4-6-14(13)20(17,18)15-10-9-12(16)11-7-8-11/h3-6,11-12,15-16H,2,7-10H2,1H3/t12-/m0/s1. The Hall–Kier alpha value is -1.11. The summed E-state index contributed by atoms with van der Waals surface area (Å²) in [6.45, 7) is 2.45. The molecule has 0 spiro atoms. The van der Waals surface area contributed by atoms with Gasteiger partial charge in [-0.25, -0.2) is 13.1 Å². The van der Waals surface area contributed by atoms with Crippen LogP contribution >= 0.6 is 0 Å². The predicted molar refractivity (Wildman–Crippen MR) is 76.1 cm³/mol. The van der Waals surface area contributed by atoms with Gasteiger partial charge in [0.15, 0.2) is 0 Å². The van der Waals surface area contributed by atoms with Crippen LogP contribution in [-0.4, -0.2) is 32.8 Å². The molecule has 20 heavy (non-hydrogen) atoms. The predicted octanol–water partition coefficient (Wildman–Crippen LogP) is 1.52. The smallest absolute Gasteiger partial charge is 0.244 e. The van der Waals surface area contributed by atoms with Crippen molar-refractivity contribution in [2.75, 3.05) is 13.2 Å². The second kappa shape index (κ2) is 6.56. The van der Waals surface area contributed by atoms with Gasteiger partial charge in [-0.15, -0.1) is 0 Å². The summed E-state index contributed by atoms with van der Waals surface area (Å²) in [5.41, 5.74) is 0. The molecule has 1 aliphatic rings. The fraction of sp³-hybridized carbons (Fsp3) is 0.571. The van der Waals surface area contributed by atoms with Gasteiger partial charge < -0.3 is 9.84 Å². The van der Waals surface area contributed by atoms with Gasteiger partial charge in [0.2, 0.25) is 10.0 Å². The lowest BCUT2D eigenvalue weighted by molar-refractivity contribution is 0.143. The van der Waals surface area contributed by atoms with E-state index in [1.807, 2.05) is 6.92 Å². The van der Waals surface area contributed by atoms with Gasteiger partial charge in [0.25, 0.3) is 0 Å². The van der Waals surface area contributed by atoms with E-state index in [0.29, 0.717) is 24.7 Å². The van der Waals surface area contributed by atoms with Crippen LogP contribution in [0.1, 0.15) is 26.2 Å². The van der Waals surface area contributed by atoms with Crippen LogP contribution in [0.25, 0.3) is 0 Å². The minimum Gasteiger partial charge on any atom is -0.492 e. The van der Waals surface area contributed by atoms with E-state index in [9.17, 15) is 13.5 Å². The van der Waals surface area contributed by atoms with E-state index in [1.54, 1.807) is 18.2 Å². The van der Waals surface area contributed by atoms with Gasteiger partial charge in [-0.1, -0.05) is 12.1 Å². The first-order valence-corrected chi connectivity index (χ1v) is 8.42. The summed E-state index contributed by atoms with van der Waals surface area (Å²) in [7, 11) is -3.60. The minimum absolute atomic E-state index is 0.141. The van der Waals surface area contributed by atoms with E-state index in [-0.39, 0.29) is 11.4 Å². The molecule has 0 bridgehead atoms. The van der Waals surface area contributed by atoms with Crippen molar-refractivity contribution in [3.8, 4) is 5.75 Å². The Kier molecular flexibility index (Phi) is 5.01. The van der Waals surface area contributed by atoms with Crippen LogP contribution in [-0.2, 0) is 10.0 Å². The van der Waals surface area contributed by atoms with Crippen LogP contribution in [0.2, 0.25) is 0 Å². The van der Waals surface area contributed by atoms with Crippen LogP contribution in [0, 0.1) is 5.92 Å². The zero-order chi connectivity index (χ0) is 14.6. The molecule has 112 valence electrons.